The van der Waals surface area contributed by atoms with Crippen molar-refractivity contribution in [3.63, 3.8) is 0 Å². The number of aliphatic carboxylic acids is 1. The number of hydrogen-bond donors (Lipinski definition) is 4. The molecule has 1 unspecified atom stereocenters. The van der Waals surface area contributed by atoms with E-state index < -0.39 is 17.6 Å². The zero-order valence-corrected chi connectivity index (χ0v) is 16.6. The highest BCUT2D eigenvalue weighted by atomic mass is 16.5. The first kappa shape index (κ1) is 20.2. The fourth-order valence-corrected chi connectivity index (χ4v) is 3.28. The summed E-state index contributed by atoms with van der Waals surface area (Å²) in [6.07, 6.45) is 0.225. The normalized spacial score (nSPS) is 12.1. The average molecular weight is 420 g/mol. The highest BCUT2D eigenvalue weighted by molar-refractivity contribution is 5.77. The van der Waals surface area contributed by atoms with E-state index in [2.05, 4.69) is 25.4 Å². The number of benzene rings is 2. The quantitative estimate of drug-likeness (QED) is 0.352. The van der Waals surface area contributed by atoms with E-state index in [1.54, 1.807) is 0 Å². The summed E-state index contributed by atoms with van der Waals surface area (Å²) in [6, 6.07) is 12.1. The standard InChI is InChI=1S/C21H20N6O4/c1-2-31-16-10-13(12-5-3-4-11(8-12)9-15(22)21(29)30)6-7-14(16)18-23-19-17(20(28)24-18)25-27-26-19/h3-8,10,15H,2,9,22H2,1H3,(H,29,30)(H2,23,24,25,26,27,28). The molecule has 0 aliphatic rings. The van der Waals surface area contributed by atoms with Crippen molar-refractivity contribution in [1.29, 1.82) is 0 Å². The Morgan fingerprint density at radius 1 is 1.23 bits per heavy atom. The molecule has 5 N–H and O–H groups in total. The van der Waals surface area contributed by atoms with E-state index in [1.807, 2.05) is 49.4 Å². The van der Waals surface area contributed by atoms with Crippen molar-refractivity contribution in [3.05, 3.63) is 58.4 Å². The van der Waals surface area contributed by atoms with E-state index in [0.29, 0.717) is 23.7 Å². The monoisotopic (exact) mass is 420 g/mol. The number of nitrogens with zero attached hydrogens (tertiary/aromatic N) is 3. The van der Waals surface area contributed by atoms with Crippen molar-refractivity contribution in [3.8, 4) is 28.3 Å². The Bertz CT molecular complexity index is 1310. The third kappa shape index (κ3) is 4.14. The summed E-state index contributed by atoms with van der Waals surface area (Å²) in [7, 11) is 0. The Hall–Kier alpha value is -4.05. The molecule has 0 saturated heterocycles. The molecular weight excluding hydrogens is 400 g/mol. The van der Waals surface area contributed by atoms with E-state index in [4.69, 9.17) is 15.6 Å². The number of carbonyl (C=O) groups is 1. The number of nitrogens with one attached hydrogen (secondary N) is 2. The molecule has 0 aliphatic heterocycles. The lowest BCUT2D eigenvalue weighted by Crippen LogP contribution is -2.32. The van der Waals surface area contributed by atoms with Gasteiger partial charge in [0.15, 0.2) is 11.2 Å². The van der Waals surface area contributed by atoms with Gasteiger partial charge in [-0.25, -0.2) is 10.1 Å². The van der Waals surface area contributed by atoms with Crippen LogP contribution in [0, 0.1) is 0 Å². The molecule has 2 aromatic heterocycles. The Morgan fingerprint density at radius 2 is 2.03 bits per heavy atom. The summed E-state index contributed by atoms with van der Waals surface area (Å²) in [5.41, 5.74) is 8.86. The lowest BCUT2D eigenvalue weighted by atomic mass is 9.98. The van der Waals surface area contributed by atoms with Gasteiger partial charge in [-0.1, -0.05) is 35.5 Å². The van der Waals surface area contributed by atoms with Gasteiger partial charge in [-0.05, 0) is 42.2 Å². The van der Waals surface area contributed by atoms with Crippen LogP contribution in [-0.2, 0) is 11.2 Å². The van der Waals surface area contributed by atoms with Crippen LogP contribution in [0.2, 0.25) is 0 Å². The van der Waals surface area contributed by atoms with Crippen LogP contribution in [0.1, 0.15) is 12.5 Å². The topological polar surface area (TPSA) is 160 Å². The fourth-order valence-electron chi connectivity index (χ4n) is 3.28. The SMILES string of the molecule is CCOc1cc(-c2cccc(CC(N)C(=O)O)c2)ccc1-c1nc2[nH]nnc2c(=O)[nH]1. The zero-order chi connectivity index (χ0) is 22.0. The number of aromatic amines is 2. The number of carboxylic acids is 1. The lowest BCUT2D eigenvalue weighted by Gasteiger charge is -2.13. The highest BCUT2D eigenvalue weighted by Crippen LogP contribution is 2.33. The van der Waals surface area contributed by atoms with Crippen LogP contribution in [0.3, 0.4) is 0 Å². The van der Waals surface area contributed by atoms with Gasteiger partial charge in [-0.15, -0.1) is 5.10 Å². The Labute approximate surface area is 176 Å². The van der Waals surface area contributed by atoms with Gasteiger partial charge < -0.3 is 20.6 Å². The van der Waals surface area contributed by atoms with E-state index in [1.165, 1.54) is 0 Å². The number of aromatic nitrogens is 5. The molecule has 31 heavy (non-hydrogen) atoms. The molecule has 4 aromatic rings. The minimum Gasteiger partial charge on any atom is -0.493 e. The van der Waals surface area contributed by atoms with E-state index >= 15 is 0 Å². The molecule has 0 amide bonds. The molecule has 4 rings (SSSR count). The van der Waals surface area contributed by atoms with Gasteiger partial charge in [0, 0.05) is 0 Å². The van der Waals surface area contributed by atoms with Crippen LogP contribution in [-0.4, -0.2) is 49.1 Å². The van der Waals surface area contributed by atoms with Crippen LogP contribution in [0.15, 0.2) is 47.3 Å². The number of ether oxygens (including phenoxy) is 1. The lowest BCUT2D eigenvalue weighted by molar-refractivity contribution is -0.138. The number of fused-ring (bicyclic) bond motifs is 1. The van der Waals surface area contributed by atoms with Crippen LogP contribution >= 0.6 is 0 Å². The van der Waals surface area contributed by atoms with Crippen LogP contribution in [0.4, 0.5) is 0 Å². The summed E-state index contributed by atoms with van der Waals surface area (Å²) in [5.74, 6) is -0.165. The van der Waals surface area contributed by atoms with Crippen LogP contribution < -0.4 is 16.0 Å². The van der Waals surface area contributed by atoms with Crippen molar-refractivity contribution in [2.75, 3.05) is 6.61 Å². The van der Waals surface area contributed by atoms with Crippen molar-refractivity contribution in [2.45, 2.75) is 19.4 Å². The average Bonchev–Trinajstić information content (AvgIpc) is 3.23. The molecule has 2 heterocycles. The predicted molar refractivity (Wildman–Crippen MR) is 114 cm³/mol. The van der Waals surface area contributed by atoms with Crippen LogP contribution in [0.5, 0.6) is 5.75 Å². The second kappa shape index (κ2) is 8.36. The molecule has 10 nitrogen and oxygen atoms in total. The fraction of sp³-hybridized carbons (Fsp3) is 0.190. The number of carboxylic acid groups (broad SMARTS) is 1. The Balaban J connectivity index is 1.74. The van der Waals surface area contributed by atoms with Crippen LogP contribution in [0.25, 0.3) is 33.7 Å². The maximum Gasteiger partial charge on any atom is 0.320 e. The number of H-pyrrole nitrogens is 2. The van der Waals surface area contributed by atoms with Gasteiger partial charge in [0.05, 0.1) is 12.2 Å². The molecule has 0 radical (unpaired) electrons. The molecule has 0 aliphatic carbocycles. The molecule has 10 heteroatoms. The first-order chi connectivity index (χ1) is 15.0. The predicted octanol–water partition coefficient (Wildman–Crippen LogP) is 1.73. The van der Waals surface area contributed by atoms with Crippen molar-refractivity contribution >= 4 is 17.1 Å². The first-order valence-corrected chi connectivity index (χ1v) is 9.62. The minimum atomic E-state index is -1.04. The molecule has 2 aromatic carbocycles. The third-order valence-electron chi connectivity index (χ3n) is 4.77. The van der Waals surface area contributed by atoms with Gasteiger partial charge in [0.25, 0.3) is 5.56 Å². The minimum absolute atomic E-state index is 0.134. The largest absolute Gasteiger partial charge is 0.493 e. The maximum atomic E-state index is 12.3. The Kier molecular flexibility index (Phi) is 5.46. The number of nitrogens with two attached hydrogens (primary N) is 1. The summed E-state index contributed by atoms with van der Waals surface area (Å²) in [5, 5.41) is 19.0. The molecule has 1 atom stereocenters. The van der Waals surface area contributed by atoms with Crippen molar-refractivity contribution < 1.29 is 14.6 Å². The zero-order valence-electron chi connectivity index (χ0n) is 16.6. The second-order valence-corrected chi connectivity index (χ2v) is 6.92. The molecule has 158 valence electrons. The van der Waals surface area contributed by atoms with Crippen molar-refractivity contribution in [2.24, 2.45) is 5.73 Å². The first-order valence-electron chi connectivity index (χ1n) is 9.62. The third-order valence-corrected chi connectivity index (χ3v) is 4.77. The number of hydrogen-bond acceptors (Lipinski definition) is 7. The number of rotatable bonds is 7. The maximum absolute atomic E-state index is 12.3. The summed E-state index contributed by atoms with van der Waals surface area (Å²) in [6.45, 7) is 2.28. The van der Waals surface area contributed by atoms with E-state index in [-0.39, 0.29) is 17.6 Å². The summed E-state index contributed by atoms with van der Waals surface area (Å²) < 4.78 is 5.81. The molecule has 0 bridgehead atoms. The molecule has 0 fully saturated rings. The molecular formula is C21H20N6O4. The summed E-state index contributed by atoms with van der Waals surface area (Å²) in [4.78, 5) is 30.4. The van der Waals surface area contributed by atoms with E-state index in [9.17, 15) is 9.59 Å². The molecule has 0 spiro atoms. The van der Waals surface area contributed by atoms with E-state index in [0.717, 1.165) is 16.7 Å². The summed E-state index contributed by atoms with van der Waals surface area (Å²) >= 11 is 0. The highest BCUT2D eigenvalue weighted by Gasteiger charge is 2.15. The second-order valence-electron chi connectivity index (χ2n) is 6.92. The van der Waals surface area contributed by atoms with Gasteiger partial charge in [0.2, 0.25) is 0 Å². The van der Waals surface area contributed by atoms with Gasteiger partial charge in [-0.3, -0.25) is 9.59 Å². The smallest absolute Gasteiger partial charge is 0.320 e. The van der Waals surface area contributed by atoms with Crippen molar-refractivity contribution in [1.82, 2.24) is 25.4 Å². The van der Waals surface area contributed by atoms with Gasteiger partial charge >= 0.3 is 5.97 Å². The Morgan fingerprint density at radius 3 is 2.81 bits per heavy atom. The molecule has 0 saturated carbocycles. The van der Waals surface area contributed by atoms with Gasteiger partial charge in [0.1, 0.15) is 17.6 Å². The van der Waals surface area contributed by atoms with Gasteiger partial charge in [-0.2, -0.15) is 0 Å².